The summed E-state index contributed by atoms with van der Waals surface area (Å²) in [5.74, 6) is 4.43. The average Bonchev–Trinajstić information content (AvgIpc) is 2.54. The third-order valence-electron chi connectivity index (χ3n) is 3.56. The predicted molar refractivity (Wildman–Crippen MR) is 91.9 cm³/mol. The highest BCUT2D eigenvalue weighted by atomic mass is 31.0. The Morgan fingerprint density at radius 2 is 0.950 bits per heavy atom. The van der Waals surface area contributed by atoms with Gasteiger partial charge in [0, 0.05) is 10.2 Å². The number of benzene rings is 2. The Labute approximate surface area is 121 Å². The maximum atomic E-state index is 2.25. The summed E-state index contributed by atoms with van der Waals surface area (Å²) in [6, 6.07) is 21.9. The fraction of sp³-hybridized carbons (Fsp3) is 0. The van der Waals surface area contributed by atoms with Gasteiger partial charge in [-0.05, 0) is 33.5 Å². The van der Waals surface area contributed by atoms with Gasteiger partial charge in [-0.1, -0.05) is 77.0 Å². The standard InChI is InChI=1S/C18H12P2/c1-5-13-7-3-11-19-17(13)15(9-1)16-10-2-6-14-8-4-12-20-18(14)16/h1-12H. The monoisotopic (exact) mass is 290 g/mol. The lowest BCUT2D eigenvalue weighted by Gasteiger charge is -2.09. The van der Waals surface area contributed by atoms with Gasteiger partial charge in [-0.2, -0.15) is 0 Å². The Morgan fingerprint density at radius 3 is 1.45 bits per heavy atom. The molecule has 0 spiro atoms. The summed E-state index contributed by atoms with van der Waals surface area (Å²) < 4.78 is 0. The molecule has 0 saturated heterocycles. The lowest BCUT2D eigenvalue weighted by Crippen LogP contribution is -1.80. The summed E-state index contributed by atoms with van der Waals surface area (Å²) in [7, 11) is 2.58. The fourth-order valence-electron chi connectivity index (χ4n) is 2.64. The van der Waals surface area contributed by atoms with E-state index < -0.39 is 0 Å². The molecule has 0 radical (unpaired) electrons. The molecule has 0 amide bonds. The third-order valence-corrected chi connectivity index (χ3v) is 5.71. The molecule has 20 heavy (non-hydrogen) atoms. The molecule has 2 heteroatoms. The van der Waals surface area contributed by atoms with E-state index in [1.54, 1.807) is 0 Å². The summed E-state index contributed by atoms with van der Waals surface area (Å²) in [5.41, 5.74) is 2.75. The highest BCUT2D eigenvalue weighted by Gasteiger charge is 2.07. The zero-order valence-corrected chi connectivity index (χ0v) is 12.6. The van der Waals surface area contributed by atoms with Crippen molar-refractivity contribution in [3.05, 3.63) is 72.3 Å². The lowest BCUT2D eigenvalue weighted by molar-refractivity contribution is 1.74. The molecule has 4 aromatic rings. The SMILES string of the molecule is c1cpc2c(-c3cccc4cccpc34)cccc2c1. The van der Waals surface area contributed by atoms with Gasteiger partial charge < -0.3 is 0 Å². The normalized spacial score (nSPS) is 11.8. The smallest absolute Gasteiger partial charge is 0.0169 e. The molecule has 2 aromatic carbocycles. The van der Waals surface area contributed by atoms with Crippen LogP contribution in [0, 0.1) is 0 Å². The van der Waals surface area contributed by atoms with Crippen LogP contribution in [0.1, 0.15) is 0 Å². The first-order valence-electron chi connectivity index (χ1n) is 6.61. The van der Waals surface area contributed by atoms with Crippen LogP contribution in [0.4, 0.5) is 0 Å². The van der Waals surface area contributed by atoms with E-state index in [0.29, 0.717) is 0 Å². The highest BCUT2D eigenvalue weighted by Crippen LogP contribution is 2.39. The van der Waals surface area contributed by atoms with Crippen molar-refractivity contribution in [2.45, 2.75) is 0 Å². The third kappa shape index (κ3) is 1.93. The van der Waals surface area contributed by atoms with Gasteiger partial charge in [0.15, 0.2) is 0 Å². The van der Waals surface area contributed by atoms with Gasteiger partial charge in [-0.3, -0.25) is 0 Å². The molecular formula is C18H12P2. The van der Waals surface area contributed by atoms with Crippen molar-refractivity contribution in [3.8, 4) is 11.1 Å². The molecule has 0 aliphatic heterocycles. The minimum atomic E-state index is 1.29. The predicted octanol–water partition coefficient (Wildman–Crippen LogP) is 6.82. The molecule has 2 heterocycles. The van der Waals surface area contributed by atoms with Gasteiger partial charge >= 0.3 is 0 Å². The van der Waals surface area contributed by atoms with Crippen molar-refractivity contribution in [2.75, 3.05) is 0 Å². The first-order valence-corrected chi connectivity index (χ1v) is 8.54. The van der Waals surface area contributed by atoms with Crippen LogP contribution in [0.2, 0.25) is 0 Å². The molecule has 0 unspecified atom stereocenters. The molecule has 0 atom stereocenters. The van der Waals surface area contributed by atoms with Gasteiger partial charge in [0.25, 0.3) is 0 Å². The van der Waals surface area contributed by atoms with Gasteiger partial charge in [-0.25, -0.2) is 0 Å². The van der Waals surface area contributed by atoms with E-state index in [-0.39, 0.29) is 0 Å². The Bertz CT molecular complexity index is 825. The summed E-state index contributed by atoms with van der Waals surface area (Å²) in [6.45, 7) is 0. The Hall–Kier alpha value is -1.74. The maximum absolute atomic E-state index is 2.25. The van der Waals surface area contributed by atoms with Crippen LogP contribution in [0.3, 0.4) is 0 Å². The van der Waals surface area contributed by atoms with Crippen LogP contribution in [0.5, 0.6) is 0 Å². The minimum Gasteiger partial charge on any atom is -0.0672 e. The fourth-order valence-corrected chi connectivity index (χ4v) is 4.55. The van der Waals surface area contributed by atoms with Gasteiger partial charge in [-0.15, -0.1) is 0 Å². The first kappa shape index (κ1) is 12.0. The van der Waals surface area contributed by atoms with Gasteiger partial charge in [0.1, 0.15) is 0 Å². The second-order valence-corrected chi connectivity index (χ2v) is 6.77. The Balaban J connectivity index is 2.12. The zero-order valence-electron chi connectivity index (χ0n) is 10.8. The molecule has 0 N–H and O–H groups in total. The van der Waals surface area contributed by atoms with Crippen molar-refractivity contribution < 1.29 is 0 Å². The Kier molecular flexibility index (Phi) is 3.00. The van der Waals surface area contributed by atoms with E-state index in [2.05, 4.69) is 72.3 Å². The van der Waals surface area contributed by atoms with Crippen molar-refractivity contribution in [3.63, 3.8) is 0 Å². The Morgan fingerprint density at radius 1 is 0.500 bits per heavy atom. The molecule has 2 aromatic heterocycles. The largest absolute Gasteiger partial charge is 0.0672 e. The number of hydrogen-bond donors (Lipinski definition) is 0. The highest BCUT2D eigenvalue weighted by molar-refractivity contribution is 7.37. The first-order chi connectivity index (χ1) is 9.93. The summed E-state index contributed by atoms with van der Waals surface area (Å²) >= 11 is 0. The minimum absolute atomic E-state index is 1.29. The van der Waals surface area contributed by atoms with Crippen molar-refractivity contribution in [1.82, 2.24) is 0 Å². The van der Waals surface area contributed by atoms with Crippen molar-refractivity contribution in [2.24, 2.45) is 0 Å². The summed E-state index contributed by atoms with van der Waals surface area (Å²) in [5, 5.41) is 5.54. The number of rotatable bonds is 1. The number of hydrogen-bond acceptors (Lipinski definition) is 0. The van der Waals surface area contributed by atoms with E-state index in [0.717, 1.165) is 0 Å². The van der Waals surface area contributed by atoms with Crippen LogP contribution < -0.4 is 0 Å². The molecule has 4 rings (SSSR count). The van der Waals surface area contributed by atoms with Crippen molar-refractivity contribution >= 4 is 37.4 Å². The summed E-state index contributed by atoms with van der Waals surface area (Å²) in [4.78, 5) is 0. The number of fused-ring (bicyclic) bond motifs is 2. The molecule has 94 valence electrons. The zero-order chi connectivity index (χ0) is 13.4. The topological polar surface area (TPSA) is 0 Å². The average molecular weight is 290 g/mol. The molecule has 0 aliphatic carbocycles. The van der Waals surface area contributed by atoms with Crippen LogP contribution in [0.25, 0.3) is 32.1 Å². The molecule has 0 saturated carbocycles. The van der Waals surface area contributed by atoms with E-state index in [1.165, 1.54) is 48.5 Å². The van der Waals surface area contributed by atoms with Crippen LogP contribution in [-0.4, -0.2) is 0 Å². The van der Waals surface area contributed by atoms with E-state index in [9.17, 15) is 0 Å². The molecular weight excluding hydrogens is 278 g/mol. The van der Waals surface area contributed by atoms with E-state index in [4.69, 9.17) is 0 Å². The summed E-state index contributed by atoms with van der Waals surface area (Å²) in [6.07, 6.45) is 0. The lowest BCUT2D eigenvalue weighted by atomic mass is 10.0. The maximum Gasteiger partial charge on any atom is 0.0169 e. The van der Waals surface area contributed by atoms with E-state index in [1.807, 2.05) is 0 Å². The molecule has 0 bridgehead atoms. The van der Waals surface area contributed by atoms with Crippen LogP contribution >= 0.6 is 16.4 Å². The molecule has 0 nitrogen and oxygen atoms in total. The van der Waals surface area contributed by atoms with Gasteiger partial charge in [0.05, 0.1) is 0 Å². The van der Waals surface area contributed by atoms with Crippen molar-refractivity contribution in [1.29, 1.82) is 0 Å². The second-order valence-electron chi connectivity index (χ2n) is 4.76. The van der Waals surface area contributed by atoms with E-state index >= 15 is 0 Å². The van der Waals surface area contributed by atoms with Gasteiger partial charge in [0.2, 0.25) is 0 Å². The quantitative estimate of drug-likeness (QED) is 0.361. The van der Waals surface area contributed by atoms with Crippen LogP contribution in [-0.2, 0) is 0 Å². The van der Waals surface area contributed by atoms with Crippen LogP contribution in [0.15, 0.2) is 72.3 Å². The second kappa shape index (κ2) is 4.98. The molecule has 0 aliphatic rings. The molecule has 0 fully saturated rings.